The number of piperidine rings is 1. The van der Waals surface area contributed by atoms with Gasteiger partial charge in [0.2, 0.25) is 0 Å². The van der Waals surface area contributed by atoms with Gasteiger partial charge in [0.25, 0.3) is 5.69 Å². The lowest BCUT2D eigenvalue weighted by atomic mass is 9.97. The highest BCUT2D eigenvalue weighted by Gasteiger charge is 2.23. The highest BCUT2D eigenvalue weighted by molar-refractivity contribution is 6.33. The van der Waals surface area contributed by atoms with E-state index in [1.54, 1.807) is 0 Å². The van der Waals surface area contributed by atoms with Gasteiger partial charge in [0.1, 0.15) is 12.0 Å². The van der Waals surface area contributed by atoms with Gasteiger partial charge in [-0.2, -0.15) is 0 Å². The van der Waals surface area contributed by atoms with E-state index in [0.717, 1.165) is 26.1 Å². The van der Waals surface area contributed by atoms with Crippen molar-refractivity contribution in [2.24, 2.45) is 5.92 Å². The van der Waals surface area contributed by atoms with E-state index in [2.05, 4.69) is 29.0 Å². The predicted octanol–water partition coefficient (Wildman–Crippen LogP) is 2.86. The molecule has 0 bridgehead atoms. The minimum Gasteiger partial charge on any atom is -0.355 e. The second kappa shape index (κ2) is 7.04. The molecule has 116 valence electrons. The molecule has 0 aromatic carbocycles. The Morgan fingerprint density at radius 1 is 1.62 bits per heavy atom. The van der Waals surface area contributed by atoms with E-state index in [4.69, 9.17) is 11.6 Å². The monoisotopic (exact) mass is 312 g/mol. The smallest absolute Gasteiger partial charge is 0.289 e. The quantitative estimate of drug-likeness (QED) is 0.668. The number of aromatic nitrogens is 1. The van der Waals surface area contributed by atoms with Gasteiger partial charge in [0, 0.05) is 25.2 Å². The number of pyridine rings is 1. The first kappa shape index (κ1) is 16.0. The molecule has 21 heavy (non-hydrogen) atoms. The predicted molar refractivity (Wildman–Crippen MR) is 84.0 cm³/mol. The van der Waals surface area contributed by atoms with Crippen molar-refractivity contribution in [2.45, 2.75) is 32.7 Å². The maximum atomic E-state index is 10.7. The molecule has 1 aromatic heterocycles. The number of hydrogen-bond donors (Lipinski definition) is 1. The number of nitrogens with zero attached hydrogens (tertiary/aromatic N) is 3. The largest absolute Gasteiger partial charge is 0.355 e. The van der Waals surface area contributed by atoms with E-state index in [9.17, 15) is 10.1 Å². The summed E-state index contributed by atoms with van der Waals surface area (Å²) in [5, 5.41) is 14.5. The molecule has 0 saturated carbocycles. The molecule has 0 radical (unpaired) electrons. The Bertz CT molecular complexity index is 510. The summed E-state index contributed by atoms with van der Waals surface area (Å²) in [6.07, 6.45) is 3.54. The lowest BCUT2D eigenvalue weighted by molar-refractivity contribution is -0.385. The molecular weight excluding hydrogens is 292 g/mol. The molecule has 1 N–H and O–H groups in total. The molecule has 0 aliphatic carbocycles. The molecule has 0 amide bonds. The summed E-state index contributed by atoms with van der Waals surface area (Å²) in [6, 6.07) is 1.85. The minimum absolute atomic E-state index is 0.0706. The van der Waals surface area contributed by atoms with Crippen LogP contribution in [-0.2, 0) is 0 Å². The van der Waals surface area contributed by atoms with Crippen molar-refractivity contribution >= 4 is 23.1 Å². The van der Waals surface area contributed by atoms with Crippen LogP contribution in [0.2, 0.25) is 5.02 Å². The maximum absolute atomic E-state index is 10.7. The summed E-state index contributed by atoms with van der Waals surface area (Å²) < 4.78 is 0. The second-order valence-electron chi connectivity index (χ2n) is 5.77. The average molecular weight is 313 g/mol. The SMILES string of the molecule is CC(C)NCC1CCCN(c2ncc([N+](=O)[O-])cc2Cl)C1. The van der Waals surface area contributed by atoms with Crippen LogP contribution in [0.4, 0.5) is 11.5 Å². The first-order chi connectivity index (χ1) is 9.97. The van der Waals surface area contributed by atoms with Gasteiger partial charge in [-0.3, -0.25) is 10.1 Å². The first-order valence-electron chi connectivity index (χ1n) is 7.25. The van der Waals surface area contributed by atoms with Crippen molar-refractivity contribution < 1.29 is 4.92 Å². The molecule has 6 nitrogen and oxygen atoms in total. The Kier molecular flexibility index (Phi) is 5.36. The van der Waals surface area contributed by atoms with E-state index in [1.165, 1.54) is 18.7 Å². The molecule has 7 heteroatoms. The Labute approximate surface area is 129 Å². The summed E-state index contributed by atoms with van der Waals surface area (Å²) >= 11 is 6.16. The number of hydrogen-bond acceptors (Lipinski definition) is 5. The van der Waals surface area contributed by atoms with Gasteiger partial charge in [-0.1, -0.05) is 25.4 Å². The normalized spacial score (nSPS) is 19.0. The van der Waals surface area contributed by atoms with Gasteiger partial charge in [-0.05, 0) is 25.3 Å². The highest BCUT2D eigenvalue weighted by Crippen LogP contribution is 2.30. The molecular formula is C14H21ClN4O2. The molecule has 1 unspecified atom stereocenters. The fourth-order valence-corrected chi connectivity index (χ4v) is 2.86. The van der Waals surface area contributed by atoms with E-state index < -0.39 is 4.92 Å². The second-order valence-corrected chi connectivity index (χ2v) is 6.18. The summed E-state index contributed by atoms with van der Waals surface area (Å²) in [6.45, 7) is 7.01. The number of anilines is 1. The summed E-state index contributed by atoms with van der Waals surface area (Å²) in [5.41, 5.74) is -0.0706. The number of halogens is 1. The Balaban J connectivity index is 2.05. The molecule has 2 heterocycles. The van der Waals surface area contributed by atoms with Gasteiger partial charge in [0.15, 0.2) is 0 Å². The third kappa shape index (κ3) is 4.28. The van der Waals surface area contributed by atoms with Crippen LogP contribution in [0.1, 0.15) is 26.7 Å². The van der Waals surface area contributed by atoms with Crippen LogP contribution in [0.15, 0.2) is 12.3 Å². The van der Waals surface area contributed by atoms with Crippen LogP contribution in [0.3, 0.4) is 0 Å². The fraction of sp³-hybridized carbons (Fsp3) is 0.643. The van der Waals surface area contributed by atoms with Crippen LogP contribution < -0.4 is 10.2 Å². The molecule has 1 aliphatic heterocycles. The summed E-state index contributed by atoms with van der Waals surface area (Å²) in [5.74, 6) is 1.20. The Hall–Kier alpha value is -1.40. The van der Waals surface area contributed by atoms with Gasteiger partial charge in [-0.15, -0.1) is 0 Å². The standard InChI is InChI=1S/C14H21ClN4O2/c1-10(2)16-7-11-4-3-5-18(9-11)14-13(15)6-12(8-17-14)19(20)21/h6,8,10-11,16H,3-5,7,9H2,1-2H3. The van der Waals surface area contributed by atoms with Crippen molar-refractivity contribution in [1.29, 1.82) is 0 Å². The van der Waals surface area contributed by atoms with Crippen molar-refractivity contribution in [2.75, 3.05) is 24.5 Å². The fourth-order valence-electron chi connectivity index (χ4n) is 2.58. The van der Waals surface area contributed by atoms with E-state index >= 15 is 0 Å². The average Bonchev–Trinajstić information content (AvgIpc) is 2.45. The van der Waals surface area contributed by atoms with E-state index in [0.29, 0.717) is 22.8 Å². The zero-order valence-electron chi connectivity index (χ0n) is 12.4. The first-order valence-corrected chi connectivity index (χ1v) is 7.63. The third-order valence-electron chi connectivity index (χ3n) is 3.65. The van der Waals surface area contributed by atoms with Crippen LogP contribution in [-0.4, -0.2) is 35.6 Å². The molecule has 1 aromatic rings. The summed E-state index contributed by atoms with van der Waals surface area (Å²) in [4.78, 5) is 16.6. The van der Waals surface area contributed by atoms with Crippen LogP contribution in [0.25, 0.3) is 0 Å². The lowest BCUT2D eigenvalue weighted by Gasteiger charge is -2.34. The molecule has 0 spiro atoms. The lowest BCUT2D eigenvalue weighted by Crippen LogP contribution is -2.41. The van der Waals surface area contributed by atoms with Gasteiger partial charge >= 0.3 is 0 Å². The van der Waals surface area contributed by atoms with E-state index in [-0.39, 0.29) is 5.69 Å². The van der Waals surface area contributed by atoms with Crippen molar-refractivity contribution in [1.82, 2.24) is 10.3 Å². The van der Waals surface area contributed by atoms with Crippen molar-refractivity contribution in [3.8, 4) is 0 Å². The summed E-state index contributed by atoms with van der Waals surface area (Å²) in [7, 11) is 0. The van der Waals surface area contributed by atoms with E-state index in [1.807, 2.05) is 0 Å². The zero-order chi connectivity index (χ0) is 15.4. The minimum atomic E-state index is -0.478. The van der Waals surface area contributed by atoms with Gasteiger partial charge < -0.3 is 10.2 Å². The van der Waals surface area contributed by atoms with Gasteiger partial charge in [-0.25, -0.2) is 4.98 Å². The van der Waals surface area contributed by atoms with Crippen molar-refractivity contribution in [3.63, 3.8) is 0 Å². The molecule has 1 fully saturated rings. The number of rotatable bonds is 5. The van der Waals surface area contributed by atoms with Crippen LogP contribution in [0, 0.1) is 16.0 Å². The molecule has 1 aliphatic rings. The molecule has 1 saturated heterocycles. The maximum Gasteiger partial charge on any atom is 0.289 e. The number of nitro groups is 1. The zero-order valence-corrected chi connectivity index (χ0v) is 13.1. The van der Waals surface area contributed by atoms with Crippen molar-refractivity contribution in [3.05, 3.63) is 27.4 Å². The van der Waals surface area contributed by atoms with Crippen LogP contribution >= 0.6 is 11.6 Å². The Morgan fingerprint density at radius 2 is 2.38 bits per heavy atom. The van der Waals surface area contributed by atoms with Gasteiger partial charge in [0.05, 0.1) is 9.95 Å². The highest BCUT2D eigenvalue weighted by atomic mass is 35.5. The molecule has 1 atom stereocenters. The third-order valence-corrected chi connectivity index (χ3v) is 3.93. The topological polar surface area (TPSA) is 71.3 Å². The Morgan fingerprint density at radius 3 is 3.00 bits per heavy atom. The molecule has 2 rings (SSSR count). The number of nitrogens with one attached hydrogen (secondary N) is 1. The van der Waals surface area contributed by atoms with Crippen LogP contribution in [0.5, 0.6) is 0 Å².